The van der Waals surface area contributed by atoms with E-state index in [1.165, 1.54) is 61.2 Å². The Morgan fingerprint density at radius 2 is 1.67 bits per heavy atom. The molecule has 0 spiro atoms. The monoisotopic (exact) mass is 404 g/mol. The summed E-state index contributed by atoms with van der Waals surface area (Å²) in [4.78, 5) is 6.43. The van der Waals surface area contributed by atoms with Gasteiger partial charge < -0.3 is 4.90 Å². The number of nitrogens with zero attached hydrogens (tertiary/aromatic N) is 2. The van der Waals surface area contributed by atoms with Crippen LogP contribution in [0.2, 0.25) is 5.02 Å². The first-order valence-corrected chi connectivity index (χ1v) is 11.2. The smallest absolute Gasteiger partial charge is 0.0407 e. The molecule has 27 heavy (non-hydrogen) atoms. The fraction of sp³-hybridized carbons (Fsp3) is 0.565. The Morgan fingerprint density at radius 1 is 1.00 bits per heavy atom. The molecule has 0 amide bonds. The minimum atomic E-state index is 0.810. The SMILES string of the molecule is CC(C)=C(CCCN1CCN(c2ccc(Cl)cc2)CC1)C1=C(S)CCCC1. The number of thiol groups is 1. The molecule has 0 unspecified atom stereocenters. The zero-order chi connectivity index (χ0) is 19.2. The molecule has 0 atom stereocenters. The van der Waals surface area contributed by atoms with Crippen LogP contribution >= 0.6 is 24.2 Å². The average molecular weight is 405 g/mol. The second-order valence-electron chi connectivity index (χ2n) is 8.02. The summed E-state index contributed by atoms with van der Waals surface area (Å²) in [6.45, 7) is 10.2. The largest absolute Gasteiger partial charge is 0.369 e. The average Bonchev–Trinajstić information content (AvgIpc) is 2.67. The molecule has 4 heteroatoms. The van der Waals surface area contributed by atoms with Gasteiger partial charge in [0.1, 0.15) is 0 Å². The second kappa shape index (κ2) is 10.0. The van der Waals surface area contributed by atoms with Gasteiger partial charge in [0, 0.05) is 36.9 Å². The van der Waals surface area contributed by atoms with E-state index in [0.29, 0.717) is 0 Å². The van der Waals surface area contributed by atoms with Gasteiger partial charge in [-0.3, -0.25) is 4.90 Å². The van der Waals surface area contributed by atoms with Crippen LogP contribution in [0.5, 0.6) is 0 Å². The maximum absolute atomic E-state index is 6.01. The molecule has 0 aromatic heterocycles. The van der Waals surface area contributed by atoms with Crippen molar-refractivity contribution in [2.45, 2.75) is 52.4 Å². The number of halogens is 1. The normalized spacial score (nSPS) is 18.7. The number of hydrogen-bond donors (Lipinski definition) is 1. The summed E-state index contributed by atoms with van der Waals surface area (Å²) in [6.07, 6.45) is 7.45. The van der Waals surface area contributed by atoms with Gasteiger partial charge >= 0.3 is 0 Å². The first kappa shape index (κ1) is 20.8. The molecule has 1 aromatic rings. The topological polar surface area (TPSA) is 6.48 Å². The molecule has 0 N–H and O–H groups in total. The molecule has 1 aromatic carbocycles. The highest BCUT2D eigenvalue weighted by atomic mass is 35.5. The van der Waals surface area contributed by atoms with E-state index < -0.39 is 0 Å². The molecule has 1 fully saturated rings. The minimum absolute atomic E-state index is 0.810. The van der Waals surface area contributed by atoms with Crippen LogP contribution in [0.3, 0.4) is 0 Å². The lowest BCUT2D eigenvalue weighted by molar-refractivity contribution is 0.255. The summed E-state index contributed by atoms with van der Waals surface area (Å²) in [5.74, 6) is 0. The van der Waals surface area contributed by atoms with Crippen molar-refractivity contribution in [1.29, 1.82) is 0 Å². The van der Waals surface area contributed by atoms with Gasteiger partial charge in [0.15, 0.2) is 0 Å². The Bertz CT molecular complexity index is 681. The fourth-order valence-electron chi connectivity index (χ4n) is 4.28. The van der Waals surface area contributed by atoms with Crippen LogP contribution in [0.15, 0.2) is 45.9 Å². The highest BCUT2D eigenvalue weighted by molar-refractivity contribution is 7.84. The predicted molar refractivity (Wildman–Crippen MR) is 122 cm³/mol. The van der Waals surface area contributed by atoms with E-state index in [4.69, 9.17) is 24.2 Å². The molecule has 2 nitrogen and oxygen atoms in total. The summed E-state index contributed by atoms with van der Waals surface area (Å²) < 4.78 is 0. The minimum Gasteiger partial charge on any atom is -0.369 e. The van der Waals surface area contributed by atoms with Crippen LogP contribution in [0.1, 0.15) is 52.4 Å². The van der Waals surface area contributed by atoms with Crippen LogP contribution in [-0.2, 0) is 0 Å². The third-order valence-electron chi connectivity index (χ3n) is 5.87. The maximum Gasteiger partial charge on any atom is 0.0407 e. The van der Waals surface area contributed by atoms with E-state index in [1.807, 2.05) is 12.1 Å². The van der Waals surface area contributed by atoms with Crippen molar-refractivity contribution in [3.05, 3.63) is 50.9 Å². The second-order valence-corrected chi connectivity index (χ2v) is 9.00. The van der Waals surface area contributed by atoms with Crippen LogP contribution in [0.25, 0.3) is 0 Å². The summed E-state index contributed by atoms with van der Waals surface area (Å²) in [7, 11) is 0. The maximum atomic E-state index is 6.01. The molecule has 148 valence electrons. The van der Waals surface area contributed by atoms with Crippen LogP contribution < -0.4 is 4.90 Å². The quantitative estimate of drug-likeness (QED) is 0.553. The number of allylic oxidation sites excluding steroid dienone is 4. The van der Waals surface area contributed by atoms with Crippen molar-refractivity contribution in [1.82, 2.24) is 4.90 Å². The lowest BCUT2D eigenvalue weighted by Gasteiger charge is -2.36. The molecular formula is C23H33ClN2S. The van der Waals surface area contributed by atoms with Gasteiger partial charge in [0.2, 0.25) is 0 Å². The van der Waals surface area contributed by atoms with Crippen molar-refractivity contribution in [2.24, 2.45) is 0 Å². The van der Waals surface area contributed by atoms with E-state index in [0.717, 1.165) is 31.2 Å². The number of anilines is 1. The number of rotatable bonds is 6. The third-order valence-corrected chi connectivity index (χ3v) is 6.62. The van der Waals surface area contributed by atoms with Crippen molar-refractivity contribution in [3.63, 3.8) is 0 Å². The Labute approximate surface area is 175 Å². The number of hydrogen-bond acceptors (Lipinski definition) is 3. The lowest BCUT2D eigenvalue weighted by Crippen LogP contribution is -2.46. The van der Waals surface area contributed by atoms with Crippen molar-refractivity contribution in [2.75, 3.05) is 37.6 Å². The van der Waals surface area contributed by atoms with E-state index >= 15 is 0 Å². The van der Waals surface area contributed by atoms with Gasteiger partial charge in [-0.25, -0.2) is 0 Å². The molecule has 0 radical (unpaired) electrons. The standard InChI is InChI=1S/C23H33ClN2S/c1-18(2)21(22-6-3-4-8-23(22)27)7-5-13-25-14-16-26(17-15-25)20-11-9-19(24)10-12-20/h9-12,27H,3-8,13-17H2,1-2H3. The van der Waals surface area contributed by atoms with Crippen LogP contribution in [-0.4, -0.2) is 37.6 Å². The summed E-state index contributed by atoms with van der Waals surface area (Å²) in [5, 5.41) is 0.810. The Hall–Kier alpha value is -0.900. The first-order valence-electron chi connectivity index (χ1n) is 10.3. The number of piperazine rings is 1. The van der Waals surface area contributed by atoms with Crippen molar-refractivity contribution < 1.29 is 0 Å². The molecule has 1 heterocycles. The van der Waals surface area contributed by atoms with E-state index in [9.17, 15) is 0 Å². The summed E-state index contributed by atoms with van der Waals surface area (Å²) >= 11 is 10.8. The lowest BCUT2D eigenvalue weighted by atomic mass is 9.88. The van der Waals surface area contributed by atoms with E-state index in [-0.39, 0.29) is 0 Å². The molecule has 3 rings (SSSR count). The molecule has 1 saturated heterocycles. The zero-order valence-electron chi connectivity index (χ0n) is 16.8. The highest BCUT2D eigenvalue weighted by Gasteiger charge is 2.18. The van der Waals surface area contributed by atoms with Gasteiger partial charge in [-0.2, -0.15) is 0 Å². The molecular weight excluding hydrogens is 372 g/mol. The highest BCUT2D eigenvalue weighted by Crippen LogP contribution is 2.35. The first-order chi connectivity index (χ1) is 13.0. The van der Waals surface area contributed by atoms with Crippen molar-refractivity contribution in [3.8, 4) is 0 Å². The Morgan fingerprint density at radius 3 is 2.30 bits per heavy atom. The van der Waals surface area contributed by atoms with Gasteiger partial charge in [-0.15, -0.1) is 12.6 Å². The molecule has 0 bridgehead atoms. The predicted octanol–water partition coefficient (Wildman–Crippen LogP) is 6.34. The Balaban J connectivity index is 1.47. The molecule has 2 aliphatic rings. The van der Waals surface area contributed by atoms with Crippen LogP contribution in [0, 0.1) is 0 Å². The molecule has 1 aliphatic heterocycles. The van der Waals surface area contributed by atoms with Gasteiger partial charge in [-0.05, 0) is 99.2 Å². The fourth-order valence-corrected chi connectivity index (χ4v) is 4.81. The van der Waals surface area contributed by atoms with E-state index in [2.05, 4.69) is 35.8 Å². The molecule has 0 saturated carbocycles. The molecule has 1 aliphatic carbocycles. The Kier molecular flexibility index (Phi) is 7.75. The van der Waals surface area contributed by atoms with Gasteiger partial charge in [0.05, 0.1) is 0 Å². The van der Waals surface area contributed by atoms with E-state index in [1.54, 1.807) is 11.1 Å². The number of benzene rings is 1. The van der Waals surface area contributed by atoms with Crippen molar-refractivity contribution >= 4 is 29.9 Å². The third kappa shape index (κ3) is 5.79. The van der Waals surface area contributed by atoms with Gasteiger partial charge in [-0.1, -0.05) is 17.2 Å². The van der Waals surface area contributed by atoms with Gasteiger partial charge in [0.25, 0.3) is 0 Å². The van der Waals surface area contributed by atoms with Crippen LogP contribution in [0.4, 0.5) is 5.69 Å². The zero-order valence-corrected chi connectivity index (χ0v) is 18.5. The summed E-state index contributed by atoms with van der Waals surface area (Å²) in [6, 6.07) is 8.23. The summed E-state index contributed by atoms with van der Waals surface area (Å²) in [5.41, 5.74) is 5.90.